The highest BCUT2D eigenvalue weighted by molar-refractivity contribution is 9.10. The summed E-state index contributed by atoms with van der Waals surface area (Å²) >= 11 is 3.33. The molecule has 1 rings (SSSR count). The van der Waals surface area contributed by atoms with Crippen molar-refractivity contribution in [2.45, 2.75) is 13.8 Å². The van der Waals surface area contributed by atoms with Crippen molar-refractivity contribution in [2.75, 3.05) is 6.61 Å². The fourth-order valence-electron chi connectivity index (χ4n) is 0.866. The molecule has 0 atom stereocenters. The van der Waals surface area contributed by atoms with E-state index in [4.69, 9.17) is 10.5 Å². The maximum Gasteiger partial charge on any atom is 0.226 e. The highest BCUT2D eigenvalue weighted by Gasteiger charge is 2.25. The summed E-state index contributed by atoms with van der Waals surface area (Å²) in [7, 11) is 0. The third-order valence-corrected chi connectivity index (χ3v) is 2.61. The molecule has 0 fully saturated rings. The van der Waals surface area contributed by atoms with Crippen LogP contribution in [0, 0.1) is 5.41 Å². The van der Waals surface area contributed by atoms with E-state index in [2.05, 4.69) is 15.9 Å². The molecule has 0 bridgehead atoms. The van der Waals surface area contributed by atoms with Gasteiger partial charge in [0.15, 0.2) is 0 Å². The van der Waals surface area contributed by atoms with Gasteiger partial charge in [0.2, 0.25) is 5.91 Å². The predicted molar refractivity (Wildman–Crippen MR) is 62.6 cm³/mol. The van der Waals surface area contributed by atoms with E-state index in [1.165, 1.54) is 0 Å². The van der Waals surface area contributed by atoms with Gasteiger partial charge >= 0.3 is 0 Å². The van der Waals surface area contributed by atoms with E-state index >= 15 is 0 Å². The number of amides is 1. The number of benzene rings is 1. The van der Waals surface area contributed by atoms with Crippen molar-refractivity contribution in [1.82, 2.24) is 0 Å². The molecule has 0 aliphatic rings. The first-order valence-electron chi connectivity index (χ1n) is 4.60. The van der Waals surface area contributed by atoms with E-state index in [0.717, 1.165) is 10.2 Å². The summed E-state index contributed by atoms with van der Waals surface area (Å²) in [6.07, 6.45) is 0. The standard InChI is InChI=1S/C11H14BrNO2/c1-11(2,10(13)14)7-15-9-5-3-8(12)4-6-9/h3-6H,7H2,1-2H3,(H2,13,14). The highest BCUT2D eigenvalue weighted by Crippen LogP contribution is 2.20. The van der Waals surface area contributed by atoms with Gasteiger partial charge in [-0.15, -0.1) is 0 Å². The minimum Gasteiger partial charge on any atom is -0.492 e. The fraction of sp³-hybridized carbons (Fsp3) is 0.364. The van der Waals surface area contributed by atoms with E-state index < -0.39 is 5.41 Å². The van der Waals surface area contributed by atoms with Crippen molar-refractivity contribution in [3.05, 3.63) is 28.7 Å². The second-order valence-corrected chi connectivity index (χ2v) is 4.91. The third kappa shape index (κ3) is 3.55. The van der Waals surface area contributed by atoms with Gasteiger partial charge in [-0.1, -0.05) is 15.9 Å². The monoisotopic (exact) mass is 271 g/mol. The Bertz CT molecular complexity index is 346. The van der Waals surface area contributed by atoms with Crippen LogP contribution in [0.1, 0.15) is 13.8 Å². The Kier molecular flexibility index (Phi) is 3.74. The molecule has 0 saturated carbocycles. The SMILES string of the molecule is CC(C)(COc1ccc(Br)cc1)C(N)=O. The first-order valence-corrected chi connectivity index (χ1v) is 5.39. The zero-order valence-corrected chi connectivity index (χ0v) is 10.4. The molecule has 0 radical (unpaired) electrons. The molecule has 82 valence electrons. The van der Waals surface area contributed by atoms with Crippen LogP contribution in [0.2, 0.25) is 0 Å². The number of nitrogens with two attached hydrogens (primary N) is 1. The Morgan fingerprint density at radius 2 is 1.93 bits per heavy atom. The molecule has 0 aromatic heterocycles. The van der Waals surface area contributed by atoms with Crippen LogP contribution in [0.25, 0.3) is 0 Å². The molecule has 2 N–H and O–H groups in total. The Hall–Kier alpha value is -1.03. The second-order valence-electron chi connectivity index (χ2n) is 3.99. The van der Waals surface area contributed by atoms with E-state index in [1.807, 2.05) is 24.3 Å². The summed E-state index contributed by atoms with van der Waals surface area (Å²) in [6, 6.07) is 7.43. The third-order valence-electron chi connectivity index (χ3n) is 2.08. The van der Waals surface area contributed by atoms with E-state index in [1.54, 1.807) is 13.8 Å². The molecule has 0 heterocycles. The van der Waals surface area contributed by atoms with Crippen molar-refractivity contribution in [1.29, 1.82) is 0 Å². The van der Waals surface area contributed by atoms with Gasteiger partial charge in [0.25, 0.3) is 0 Å². The first kappa shape index (κ1) is 12.0. The lowest BCUT2D eigenvalue weighted by Crippen LogP contribution is -2.36. The Morgan fingerprint density at radius 3 is 2.40 bits per heavy atom. The van der Waals surface area contributed by atoms with Crippen LogP contribution in [-0.4, -0.2) is 12.5 Å². The molecule has 1 amide bonds. The number of primary amides is 1. The lowest BCUT2D eigenvalue weighted by Gasteiger charge is -2.20. The number of carbonyl (C=O) groups excluding carboxylic acids is 1. The zero-order valence-electron chi connectivity index (χ0n) is 8.79. The number of hydrogen-bond acceptors (Lipinski definition) is 2. The molecule has 4 heteroatoms. The molecular formula is C11H14BrNO2. The van der Waals surface area contributed by atoms with Crippen LogP contribution in [0.15, 0.2) is 28.7 Å². The van der Waals surface area contributed by atoms with Gasteiger partial charge in [-0.25, -0.2) is 0 Å². The summed E-state index contributed by atoms with van der Waals surface area (Å²) in [6.45, 7) is 3.80. The van der Waals surface area contributed by atoms with Gasteiger partial charge in [0.05, 0.1) is 5.41 Å². The van der Waals surface area contributed by atoms with Crippen molar-refractivity contribution in [2.24, 2.45) is 11.1 Å². The quantitative estimate of drug-likeness (QED) is 0.914. The lowest BCUT2D eigenvalue weighted by molar-refractivity contribution is -0.127. The second kappa shape index (κ2) is 4.66. The number of rotatable bonds is 4. The number of ether oxygens (including phenoxy) is 1. The van der Waals surface area contributed by atoms with Gasteiger partial charge < -0.3 is 10.5 Å². The van der Waals surface area contributed by atoms with Crippen LogP contribution in [0.3, 0.4) is 0 Å². The van der Waals surface area contributed by atoms with E-state index in [9.17, 15) is 4.79 Å². The van der Waals surface area contributed by atoms with Gasteiger partial charge in [-0.3, -0.25) is 4.79 Å². The highest BCUT2D eigenvalue weighted by atomic mass is 79.9. The smallest absolute Gasteiger partial charge is 0.226 e. The Balaban J connectivity index is 2.57. The summed E-state index contributed by atoms with van der Waals surface area (Å²) in [4.78, 5) is 11.0. The average molecular weight is 272 g/mol. The Labute approximate surface area is 97.7 Å². The maximum absolute atomic E-state index is 11.0. The van der Waals surface area contributed by atoms with Crippen LogP contribution in [0.4, 0.5) is 0 Å². The largest absolute Gasteiger partial charge is 0.492 e. The van der Waals surface area contributed by atoms with E-state index in [0.29, 0.717) is 0 Å². The number of carbonyl (C=O) groups is 1. The lowest BCUT2D eigenvalue weighted by atomic mass is 9.94. The topological polar surface area (TPSA) is 52.3 Å². The zero-order chi connectivity index (χ0) is 11.5. The van der Waals surface area contributed by atoms with Gasteiger partial charge in [0.1, 0.15) is 12.4 Å². The molecule has 1 aromatic rings. The summed E-state index contributed by atoms with van der Waals surface area (Å²) in [5.41, 5.74) is 4.59. The van der Waals surface area contributed by atoms with Crippen molar-refractivity contribution >= 4 is 21.8 Å². The Morgan fingerprint density at radius 1 is 1.40 bits per heavy atom. The fourth-order valence-corrected chi connectivity index (χ4v) is 1.13. The van der Waals surface area contributed by atoms with Crippen molar-refractivity contribution in [3.63, 3.8) is 0 Å². The minimum atomic E-state index is -0.646. The van der Waals surface area contributed by atoms with E-state index in [-0.39, 0.29) is 12.5 Å². The van der Waals surface area contributed by atoms with Crippen LogP contribution in [0.5, 0.6) is 5.75 Å². The van der Waals surface area contributed by atoms with Gasteiger partial charge in [-0.2, -0.15) is 0 Å². The minimum absolute atomic E-state index is 0.282. The van der Waals surface area contributed by atoms with Crippen LogP contribution in [-0.2, 0) is 4.79 Å². The van der Waals surface area contributed by atoms with Crippen LogP contribution >= 0.6 is 15.9 Å². The van der Waals surface area contributed by atoms with Crippen LogP contribution < -0.4 is 10.5 Å². The molecule has 0 aliphatic heterocycles. The number of hydrogen-bond donors (Lipinski definition) is 1. The molecule has 0 saturated heterocycles. The summed E-state index contributed by atoms with van der Waals surface area (Å²) < 4.78 is 6.46. The predicted octanol–water partition coefficient (Wildman–Crippen LogP) is 2.34. The molecule has 0 spiro atoms. The first-order chi connectivity index (χ1) is 6.92. The molecule has 15 heavy (non-hydrogen) atoms. The van der Waals surface area contributed by atoms with Crippen molar-refractivity contribution in [3.8, 4) is 5.75 Å². The van der Waals surface area contributed by atoms with Crippen molar-refractivity contribution < 1.29 is 9.53 Å². The molecular weight excluding hydrogens is 258 g/mol. The molecule has 0 aliphatic carbocycles. The maximum atomic E-state index is 11.0. The average Bonchev–Trinajstić information content (AvgIpc) is 2.17. The molecule has 3 nitrogen and oxygen atoms in total. The summed E-state index contributed by atoms with van der Waals surface area (Å²) in [5.74, 6) is 0.368. The molecule has 1 aromatic carbocycles. The normalized spacial score (nSPS) is 11.1. The number of halogens is 1. The molecule has 0 unspecified atom stereocenters. The summed E-state index contributed by atoms with van der Waals surface area (Å²) in [5, 5.41) is 0. The van der Waals surface area contributed by atoms with Gasteiger partial charge in [-0.05, 0) is 38.1 Å². The van der Waals surface area contributed by atoms with Gasteiger partial charge in [0, 0.05) is 4.47 Å².